The van der Waals surface area contributed by atoms with E-state index in [2.05, 4.69) is 39.6 Å². The maximum Gasteiger partial charge on any atom is 0.267 e. The van der Waals surface area contributed by atoms with Crippen molar-refractivity contribution in [2.45, 2.75) is 70.0 Å². The highest BCUT2D eigenvalue weighted by Crippen LogP contribution is 2.23. The molecule has 5 heteroatoms. The van der Waals surface area contributed by atoms with Gasteiger partial charge in [0.25, 0.3) is 5.56 Å². The summed E-state index contributed by atoms with van der Waals surface area (Å²) < 4.78 is 1.71. The number of hydrogen-bond acceptors (Lipinski definition) is 4. The highest BCUT2D eigenvalue weighted by molar-refractivity contribution is 5.33. The minimum absolute atomic E-state index is 0.0704. The van der Waals surface area contributed by atoms with Crippen LogP contribution in [-0.2, 0) is 32.2 Å². The Bertz CT molecular complexity index is 896. The average molecular weight is 393 g/mol. The van der Waals surface area contributed by atoms with Crippen molar-refractivity contribution in [3.8, 4) is 0 Å². The van der Waals surface area contributed by atoms with E-state index in [9.17, 15) is 4.79 Å². The van der Waals surface area contributed by atoms with Crippen LogP contribution in [0.15, 0.2) is 35.1 Å². The van der Waals surface area contributed by atoms with E-state index in [0.717, 1.165) is 57.4 Å². The van der Waals surface area contributed by atoms with Gasteiger partial charge in [0.1, 0.15) is 0 Å². The van der Waals surface area contributed by atoms with E-state index < -0.39 is 0 Å². The highest BCUT2D eigenvalue weighted by Gasteiger charge is 2.26. The summed E-state index contributed by atoms with van der Waals surface area (Å²) in [6.45, 7) is 3.81. The first-order valence-corrected chi connectivity index (χ1v) is 11.4. The Labute approximate surface area is 173 Å². The molecule has 3 aliphatic rings. The molecule has 1 aromatic heterocycles. The number of rotatable bonds is 6. The smallest absolute Gasteiger partial charge is 0.267 e. The number of benzene rings is 1. The van der Waals surface area contributed by atoms with Gasteiger partial charge in [-0.2, -0.15) is 5.10 Å². The molecular formula is C24H32N4O. The van der Waals surface area contributed by atoms with Gasteiger partial charge in [-0.1, -0.05) is 30.7 Å². The number of likely N-dealkylation sites (tertiary alicyclic amines) is 1. The zero-order chi connectivity index (χ0) is 19.6. The first kappa shape index (κ1) is 19.0. The molecule has 0 bridgehead atoms. The summed E-state index contributed by atoms with van der Waals surface area (Å²) >= 11 is 0. The summed E-state index contributed by atoms with van der Waals surface area (Å²) in [4.78, 5) is 15.0. The molecule has 1 unspecified atom stereocenters. The quantitative estimate of drug-likeness (QED) is 0.820. The molecule has 1 aromatic carbocycles. The van der Waals surface area contributed by atoms with E-state index in [-0.39, 0.29) is 5.56 Å². The fraction of sp³-hybridized carbons (Fsp3) is 0.583. The van der Waals surface area contributed by atoms with Crippen molar-refractivity contribution < 1.29 is 0 Å². The molecule has 1 aliphatic heterocycles. The van der Waals surface area contributed by atoms with Gasteiger partial charge < -0.3 is 5.32 Å². The first-order chi connectivity index (χ1) is 14.3. The second-order valence-electron chi connectivity index (χ2n) is 9.00. The van der Waals surface area contributed by atoms with E-state index in [1.54, 1.807) is 4.68 Å². The Hall–Kier alpha value is -1.98. The van der Waals surface area contributed by atoms with Crippen molar-refractivity contribution in [2.24, 2.45) is 0 Å². The van der Waals surface area contributed by atoms with Crippen molar-refractivity contribution >= 4 is 0 Å². The predicted molar refractivity (Wildman–Crippen MR) is 115 cm³/mol. The number of piperidine rings is 1. The van der Waals surface area contributed by atoms with Crippen LogP contribution in [0, 0.1) is 0 Å². The number of aryl methyl sites for hydroxylation is 2. The lowest BCUT2D eigenvalue weighted by atomic mass is 10.0. The Morgan fingerprint density at radius 3 is 2.66 bits per heavy atom. The maximum atomic E-state index is 12.4. The van der Waals surface area contributed by atoms with E-state index in [1.807, 2.05) is 6.07 Å². The molecule has 1 atom stereocenters. The Morgan fingerprint density at radius 2 is 1.83 bits per heavy atom. The topological polar surface area (TPSA) is 50.2 Å². The molecule has 1 saturated heterocycles. The van der Waals surface area contributed by atoms with Crippen molar-refractivity contribution in [1.29, 1.82) is 0 Å². The van der Waals surface area contributed by atoms with Gasteiger partial charge in [-0.15, -0.1) is 0 Å². The van der Waals surface area contributed by atoms with Crippen LogP contribution in [0.3, 0.4) is 0 Å². The van der Waals surface area contributed by atoms with Crippen LogP contribution >= 0.6 is 0 Å². The van der Waals surface area contributed by atoms with Crippen LogP contribution in [0.25, 0.3) is 0 Å². The lowest BCUT2D eigenvalue weighted by Gasteiger charge is -2.36. The van der Waals surface area contributed by atoms with Gasteiger partial charge in [0.15, 0.2) is 0 Å². The van der Waals surface area contributed by atoms with E-state index in [4.69, 9.17) is 0 Å². The van der Waals surface area contributed by atoms with Gasteiger partial charge in [-0.25, -0.2) is 4.68 Å². The first-order valence-electron chi connectivity index (χ1n) is 11.4. The summed E-state index contributed by atoms with van der Waals surface area (Å²) in [5, 5.41) is 8.50. The van der Waals surface area contributed by atoms with E-state index in [0.29, 0.717) is 18.6 Å². The van der Waals surface area contributed by atoms with Gasteiger partial charge in [-0.3, -0.25) is 9.69 Å². The van der Waals surface area contributed by atoms with Crippen LogP contribution in [0.2, 0.25) is 0 Å². The minimum Gasteiger partial charge on any atom is -0.312 e. The molecule has 2 aliphatic carbocycles. The van der Waals surface area contributed by atoms with Crippen molar-refractivity contribution in [3.63, 3.8) is 0 Å². The Kier molecular flexibility index (Phi) is 5.51. The zero-order valence-electron chi connectivity index (χ0n) is 17.3. The molecule has 0 amide bonds. The standard InChI is InChI=1S/C24H32N4O/c29-24-16-20-8-5-10-23(20)26-28(24)13-12-27-11-4-3-9-22(27)17-25-21-14-18-6-1-2-7-19(18)15-21/h1-2,6-7,16,21-22,25H,3-5,8-15,17H2. The van der Waals surface area contributed by atoms with Crippen LogP contribution < -0.4 is 10.9 Å². The summed E-state index contributed by atoms with van der Waals surface area (Å²) in [6.07, 6.45) is 9.30. The van der Waals surface area contributed by atoms with Gasteiger partial charge >= 0.3 is 0 Å². The lowest BCUT2D eigenvalue weighted by molar-refractivity contribution is 0.135. The van der Waals surface area contributed by atoms with Crippen molar-refractivity contribution in [1.82, 2.24) is 20.0 Å². The molecule has 1 N–H and O–H groups in total. The molecule has 2 heterocycles. The molecule has 5 nitrogen and oxygen atoms in total. The number of nitrogens with zero attached hydrogens (tertiary/aromatic N) is 3. The molecular weight excluding hydrogens is 360 g/mol. The van der Waals surface area contributed by atoms with Gasteiger partial charge in [0.05, 0.1) is 12.2 Å². The lowest BCUT2D eigenvalue weighted by Crippen LogP contribution is -2.49. The van der Waals surface area contributed by atoms with Crippen LogP contribution in [0.4, 0.5) is 0 Å². The number of aromatic nitrogens is 2. The highest BCUT2D eigenvalue weighted by atomic mass is 16.1. The number of nitrogens with one attached hydrogen (secondary N) is 1. The zero-order valence-corrected chi connectivity index (χ0v) is 17.3. The number of fused-ring (bicyclic) bond motifs is 2. The second kappa shape index (κ2) is 8.41. The molecule has 29 heavy (non-hydrogen) atoms. The summed E-state index contributed by atoms with van der Waals surface area (Å²) in [6, 6.07) is 11.8. The van der Waals surface area contributed by atoms with Crippen molar-refractivity contribution in [2.75, 3.05) is 19.6 Å². The van der Waals surface area contributed by atoms with Crippen LogP contribution in [0.1, 0.15) is 48.1 Å². The molecule has 0 radical (unpaired) electrons. The van der Waals surface area contributed by atoms with E-state index >= 15 is 0 Å². The number of hydrogen-bond donors (Lipinski definition) is 1. The third kappa shape index (κ3) is 4.17. The van der Waals surface area contributed by atoms with Gasteiger partial charge in [0, 0.05) is 31.2 Å². The molecule has 0 saturated carbocycles. The van der Waals surface area contributed by atoms with Crippen LogP contribution in [-0.4, -0.2) is 46.4 Å². The summed E-state index contributed by atoms with van der Waals surface area (Å²) in [7, 11) is 0. The van der Waals surface area contributed by atoms with E-state index in [1.165, 1.54) is 36.0 Å². The monoisotopic (exact) mass is 392 g/mol. The van der Waals surface area contributed by atoms with Crippen LogP contribution in [0.5, 0.6) is 0 Å². The maximum absolute atomic E-state index is 12.4. The Morgan fingerprint density at radius 1 is 1.00 bits per heavy atom. The second-order valence-corrected chi connectivity index (χ2v) is 9.00. The molecule has 5 rings (SSSR count). The summed E-state index contributed by atoms with van der Waals surface area (Å²) in [5.41, 5.74) is 5.40. The average Bonchev–Trinajstić information content (AvgIpc) is 3.37. The fourth-order valence-corrected chi connectivity index (χ4v) is 5.41. The molecule has 2 aromatic rings. The minimum atomic E-state index is 0.0704. The molecule has 154 valence electrons. The fourth-order valence-electron chi connectivity index (χ4n) is 5.41. The normalized spacial score (nSPS) is 22.0. The third-order valence-electron chi connectivity index (χ3n) is 7.07. The molecule has 1 fully saturated rings. The predicted octanol–water partition coefficient (Wildman–Crippen LogP) is 2.34. The van der Waals surface area contributed by atoms with Gasteiger partial charge in [-0.05, 0) is 68.2 Å². The Balaban J connectivity index is 1.17. The summed E-state index contributed by atoms with van der Waals surface area (Å²) in [5.74, 6) is 0. The van der Waals surface area contributed by atoms with Gasteiger partial charge in [0.2, 0.25) is 0 Å². The SMILES string of the molecule is O=c1cc2c(nn1CCN1CCCCC1CNC1Cc3ccccc3C1)CCC2. The third-order valence-corrected chi connectivity index (χ3v) is 7.07. The largest absolute Gasteiger partial charge is 0.312 e. The molecule has 0 spiro atoms. The van der Waals surface area contributed by atoms with Crippen molar-refractivity contribution in [3.05, 3.63) is 63.1 Å².